The lowest BCUT2D eigenvalue weighted by molar-refractivity contribution is 0.112. The van der Waals surface area contributed by atoms with E-state index in [9.17, 15) is 4.79 Å². The van der Waals surface area contributed by atoms with Gasteiger partial charge in [-0.25, -0.2) is 4.68 Å². The highest BCUT2D eigenvalue weighted by Gasteiger charge is 2.18. The van der Waals surface area contributed by atoms with Crippen LogP contribution in [0, 0.1) is 6.92 Å². The van der Waals surface area contributed by atoms with Crippen molar-refractivity contribution in [3.05, 3.63) is 34.3 Å². The summed E-state index contributed by atoms with van der Waals surface area (Å²) in [5, 5.41) is 5.11. The number of carbonyl (C=O) groups excluding carboxylic acids is 1. The summed E-state index contributed by atoms with van der Waals surface area (Å²) in [5.74, 6) is 0.419. The van der Waals surface area contributed by atoms with Crippen LogP contribution in [0.3, 0.4) is 0 Å². The first kappa shape index (κ1) is 14.6. The van der Waals surface area contributed by atoms with Crippen LogP contribution < -0.4 is 5.73 Å². The van der Waals surface area contributed by atoms with Gasteiger partial charge < -0.3 is 5.73 Å². The van der Waals surface area contributed by atoms with E-state index in [-0.39, 0.29) is 0 Å². The van der Waals surface area contributed by atoms with Crippen molar-refractivity contribution in [1.82, 2.24) is 9.78 Å². The maximum atomic E-state index is 11.3. The molecule has 1 aromatic carbocycles. The summed E-state index contributed by atoms with van der Waals surface area (Å²) >= 11 is 6.04. The minimum absolute atomic E-state index is 0.419. The molecule has 0 saturated carbocycles. The van der Waals surface area contributed by atoms with E-state index in [1.54, 1.807) is 4.68 Å². The third kappa shape index (κ3) is 2.70. The number of rotatable bonds is 5. The Labute approximate surface area is 123 Å². The first-order valence-electron chi connectivity index (χ1n) is 6.66. The molecule has 0 bridgehead atoms. The number of carbonyl (C=O) groups is 1. The number of aryl methyl sites for hydroxylation is 2. The third-order valence-electron chi connectivity index (χ3n) is 3.33. The maximum Gasteiger partial charge on any atom is 0.156 e. The molecule has 0 unspecified atom stereocenters. The molecule has 20 heavy (non-hydrogen) atoms. The smallest absolute Gasteiger partial charge is 0.156 e. The Balaban J connectivity index is 2.55. The highest BCUT2D eigenvalue weighted by atomic mass is 35.5. The highest BCUT2D eigenvalue weighted by Crippen LogP contribution is 2.30. The van der Waals surface area contributed by atoms with Gasteiger partial charge in [0.15, 0.2) is 6.29 Å². The monoisotopic (exact) mass is 291 g/mol. The van der Waals surface area contributed by atoms with E-state index in [2.05, 4.69) is 12.0 Å². The summed E-state index contributed by atoms with van der Waals surface area (Å²) in [5.41, 5.74) is 8.92. The van der Waals surface area contributed by atoms with Crippen molar-refractivity contribution < 1.29 is 4.79 Å². The zero-order chi connectivity index (χ0) is 14.7. The fourth-order valence-electron chi connectivity index (χ4n) is 2.13. The molecule has 106 valence electrons. The predicted molar refractivity (Wildman–Crippen MR) is 82.1 cm³/mol. The highest BCUT2D eigenvalue weighted by molar-refractivity contribution is 6.30. The van der Waals surface area contributed by atoms with E-state index in [0.29, 0.717) is 28.6 Å². The molecule has 0 saturated heterocycles. The van der Waals surface area contributed by atoms with Gasteiger partial charge in [0.2, 0.25) is 0 Å². The fraction of sp³-hybridized carbons (Fsp3) is 0.333. The summed E-state index contributed by atoms with van der Waals surface area (Å²) in [6.45, 7) is 4.77. The van der Waals surface area contributed by atoms with Gasteiger partial charge in [0, 0.05) is 17.1 Å². The van der Waals surface area contributed by atoms with Crippen LogP contribution >= 0.6 is 11.6 Å². The number of hydrogen-bond acceptors (Lipinski definition) is 3. The minimum atomic E-state index is 0.419. The molecule has 0 radical (unpaired) electrons. The summed E-state index contributed by atoms with van der Waals surface area (Å²) < 4.78 is 1.70. The van der Waals surface area contributed by atoms with Gasteiger partial charge in [-0.2, -0.15) is 5.10 Å². The maximum absolute atomic E-state index is 11.3. The van der Waals surface area contributed by atoms with Crippen molar-refractivity contribution in [2.75, 3.05) is 5.73 Å². The first-order chi connectivity index (χ1) is 9.58. The summed E-state index contributed by atoms with van der Waals surface area (Å²) in [7, 11) is 0. The summed E-state index contributed by atoms with van der Waals surface area (Å²) in [6.07, 6.45) is 2.78. The van der Waals surface area contributed by atoms with Crippen LogP contribution in [0.1, 0.15) is 35.7 Å². The molecule has 0 amide bonds. The molecule has 1 aromatic heterocycles. The van der Waals surface area contributed by atoms with Gasteiger partial charge in [-0.05, 0) is 31.0 Å². The number of nitrogens with zero attached hydrogens (tertiary/aromatic N) is 2. The lowest BCUT2D eigenvalue weighted by atomic mass is 10.0. The first-order valence-corrected chi connectivity index (χ1v) is 7.04. The third-order valence-corrected chi connectivity index (χ3v) is 3.56. The lowest BCUT2D eigenvalue weighted by Crippen LogP contribution is -2.05. The minimum Gasteiger partial charge on any atom is -0.383 e. The van der Waals surface area contributed by atoms with Gasteiger partial charge in [0.1, 0.15) is 11.5 Å². The van der Waals surface area contributed by atoms with Gasteiger partial charge in [-0.1, -0.05) is 31.0 Å². The van der Waals surface area contributed by atoms with Crippen LogP contribution in [-0.4, -0.2) is 16.1 Å². The van der Waals surface area contributed by atoms with Crippen molar-refractivity contribution in [2.45, 2.75) is 33.2 Å². The van der Waals surface area contributed by atoms with Gasteiger partial charge >= 0.3 is 0 Å². The lowest BCUT2D eigenvalue weighted by Gasteiger charge is -2.04. The van der Waals surface area contributed by atoms with E-state index in [1.165, 1.54) is 0 Å². The zero-order valence-corrected chi connectivity index (χ0v) is 12.4. The Kier molecular flexibility index (Phi) is 4.45. The van der Waals surface area contributed by atoms with Crippen LogP contribution in [0.15, 0.2) is 18.2 Å². The predicted octanol–water partition coefficient (Wildman–Crippen LogP) is 3.71. The number of aromatic nitrogens is 2. The number of benzene rings is 1. The molecule has 5 heteroatoms. The fourth-order valence-corrected chi connectivity index (χ4v) is 2.30. The average molecular weight is 292 g/mol. The molecule has 0 spiro atoms. The van der Waals surface area contributed by atoms with Gasteiger partial charge in [0.05, 0.1) is 5.56 Å². The van der Waals surface area contributed by atoms with Crippen molar-refractivity contribution in [2.24, 2.45) is 0 Å². The molecule has 1 heterocycles. The van der Waals surface area contributed by atoms with Crippen molar-refractivity contribution in [3.8, 4) is 11.3 Å². The molecule has 4 nitrogen and oxygen atoms in total. The van der Waals surface area contributed by atoms with Crippen molar-refractivity contribution in [1.29, 1.82) is 0 Å². The van der Waals surface area contributed by atoms with E-state index in [4.69, 9.17) is 17.3 Å². The Morgan fingerprint density at radius 1 is 1.45 bits per heavy atom. The Morgan fingerprint density at radius 2 is 2.20 bits per heavy atom. The number of hydrogen-bond donors (Lipinski definition) is 1. The SMILES string of the molecule is CCCCn1nc(-c2cc(Cl)ccc2C)c(C=O)c1N. The molecule has 0 fully saturated rings. The van der Waals surface area contributed by atoms with E-state index in [1.807, 2.05) is 25.1 Å². The molecule has 2 rings (SSSR count). The number of anilines is 1. The Hall–Kier alpha value is -1.81. The molecule has 2 aromatic rings. The second-order valence-electron chi connectivity index (χ2n) is 4.80. The van der Waals surface area contributed by atoms with Gasteiger partial charge in [0.25, 0.3) is 0 Å². The summed E-state index contributed by atoms with van der Waals surface area (Å²) in [4.78, 5) is 11.3. The molecule has 2 N–H and O–H groups in total. The quantitative estimate of drug-likeness (QED) is 0.854. The number of aldehydes is 1. The molecular formula is C15H18ClN3O. The van der Waals surface area contributed by atoms with Crippen molar-refractivity contribution in [3.63, 3.8) is 0 Å². The number of unbranched alkanes of at least 4 members (excludes halogenated alkanes) is 1. The molecule has 0 aliphatic heterocycles. The van der Waals surface area contributed by atoms with Crippen LogP contribution in [0.2, 0.25) is 5.02 Å². The van der Waals surface area contributed by atoms with Crippen LogP contribution in [-0.2, 0) is 6.54 Å². The molecule has 0 aliphatic rings. The van der Waals surface area contributed by atoms with E-state index < -0.39 is 0 Å². The molecule has 0 atom stereocenters. The standard InChI is InChI=1S/C15H18ClN3O/c1-3-4-7-19-15(17)13(9-20)14(18-19)12-8-11(16)6-5-10(12)2/h5-6,8-9H,3-4,7,17H2,1-2H3. The average Bonchev–Trinajstić information content (AvgIpc) is 2.75. The molecular weight excluding hydrogens is 274 g/mol. The van der Waals surface area contributed by atoms with Crippen LogP contribution in [0.25, 0.3) is 11.3 Å². The van der Waals surface area contributed by atoms with Crippen molar-refractivity contribution >= 4 is 23.7 Å². The van der Waals surface area contributed by atoms with Crippen LogP contribution in [0.5, 0.6) is 0 Å². The van der Waals surface area contributed by atoms with E-state index >= 15 is 0 Å². The molecule has 0 aliphatic carbocycles. The Bertz CT molecular complexity index is 634. The summed E-state index contributed by atoms with van der Waals surface area (Å²) in [6, 6.07) is 5.54. The number of halogens is 1. The second-order valence-corrected chi connectivity index (χ2v) is 5.24. The zero-order valence-electron chi connectivity index (χ0n) is 11.7. The largest absolute Gasteiger partial charge is 0.383 e. The van der Waals surface area contributed by atoms with Gasteiger partial charge in [-0.15, -0.1) is 0 Å². The number of nitrogens with two attached hydrogens (primary N) is 1. The van der Waals surface area contributed by atoms with E-state index in [0.717, 1.165) is 30.3 Å². The Morgan fingerprint density at radius 3 is 2.85 bits per heavy atom. The topological polar surface area (TPSA) is 60.9 Å². The second kappa shape index (κ2) is 6.09. The number of nitrogen functional groups attached to an aromatic ring is 1. The normalized spacial score (nSPS) is 10.8. The van der Waals surface area contributed by atoms with Crippen LogP contribution in [0.4, 0.5) is 5.82 Å². The van der Waals surface area contributed by atoms with Gasteiger partial charge in [-0.3, -0.25) is 4.79 Å².